The summed E-state index contributed by atoms with van der Waals surface area (Å²) in [6, 6.07) is 9.94. The number of carbonyl (C=O) groups excluding carboxylic acids is 1. The van der Waals surface area contributed by atoms with E-state index >= 15 is 0 Å². The standard InChI is InChI=1S/C15H21NO2/c1-4-16(5-2)12-14(15(17)18-3)11-13-9-7-6-8-10-13/h6-10,12H,4-5,11H2,1-3H3/b14-12-. The lowest BCUT2D eigenvalue weighted by molar-refractivity contribution is -0.136. The van der Waals surface area contributed by atoms with E-state index in [0.29, 0.717) is 12.0 Å². The highest BCUT2D eigenvalue weighted by Gasteiger charge is 2.11. The van der Waals surface area contributed by atoms with Crippen LogP contribution in [0.15, 0.2) is 42.1 Å². The summed E-state index contributed by atoms with van der Waals surface area (Å²) in [7, 11) is 1.42. The fourth-order valence-electron chi connectivity index (χ4n) is 1.74. The van der Waals surface area contributed by atoms with Gasteiger partial charge in [0.15, 0.2) is 0 Å². The van der Waals surface area contributed by atoms with Gasteiger partial charge in [-0.25, -0.2) is 4.79 Å². The number of esters is 1. The number of rotatable bonds is 6. The fourth-order valence-corrected chi connectivity index (χ4v) is 1.74. The van der Waals surface area contributed by atoms with Crippen LogP contribution >= 0.6 is 0 Å². The second-order valence-electron chi connectivity index (χ2n) is 4.03. The minimum atomic E-state index is -0.259. The summed E-state index contributed by atoms with van der Waals surface area (Å²) < 4.78 is 4.84. The smallest absolute Gasteiger partial charge is 0.335 e. The molecule has 0 N–H and O–H groups in total. The topological polar surface area (TPSA) is 29.5 Å². The number of benzene rings is 1. The Labute approximate surface area is 109 Å². The van der Waals surface area contributed by atoms with Crippen molar-refractivity contribution >= 4 is 5.97 Å². The number of carbonyl (C=O) groups is 1. The molecule has 0 bridgehead atoms. The van der Waals surface area contributed by atoms with Crippen molar-refractivity contribution in [1.29, 1.82) is 0 Å². The van der Waals surface area contributed by atoms with Crippen molar-refractivity contribution in [2.75, 3.05) is 20.2 Å². The van der Waals surface area contributed by atoms with Crippen LogP contribution in [0.4, 0.5) is 0 Å². The summed E-state index contributed by atoms with van der Waals surface area (Å²) in [4.78, 5) is 13.9. The first-order valence-electron chi connectivity index (χ1n) is 6.28. The summed E-state index contributed by atoms with van der Waals surface area (Å²) >= 11 is 0. The second kappa shape index (κ2) is 7.54. The van der Waals surface area contributed by atoms with Crippen molar-refractivity contribution in [2.24, 2.45) is 0 Å². The van der Waals surface area contributed by atoms with E-state index in [2.05, 4.69) is 18.7 Å². The average molecular weight is 247 g/mol. The SMILES string of the molecule is CCN(/C=C(/Cc1ccccc1)C(=O)OC)CC. The monoisotopic (exact) mass is 247 g/mol. The zero-order valence-corrected chi connectivity index (χ0v) is 11.3. The van der Waals surface area contributed by atoms with Crippen molar-refractivity contribution in [2.45, 2.75) is 20.3 Å². The molecule has 0 saturated carbocycles. The van der Waals surface area contributed by atoms with E-state index in [1.807, 2.05) is 36.5 Å². The van der Waals surface area contributed by atoms with Gasteiger partial charge in [0, 0.05) is 25.7 Å². The lowest BCUT2D eigenvalue weighted by Crippen LogP contribution is -2.19. The Balaban J connectivity index is 2.89. The molecular weight excluding hydrogens is 226 g/mol. The van der Waals surface area contributed by atoms with Gasteiger partial charge in [-0.05, 0) is 19.4 Å². The molecule has 0 aliphatic heterocycles. The number of methoxy groups -OCH3 is 1. The molecule has 18 heavy (non-hydrogen) atoms. The summed E-state index contributed by atoms with van der Waals surface area (Å²) in [5, 5.41) is 0. The van der Waals surface area contributed by atoms with Gasteiger partial charge in [-0.1, -0.05) is 30.3 Å². The molecule has 98 valence electrons. The van der Waals surface area contributed by atoms with Crippen molar-refractivity contribution in [1.82, 2.24) is 4.90 Å². The van der Waals surface area contributed by atoms with E-state index in [9.17, 15) is 4.79 Å². The van der Waals surface area contributed by atoms with E-state index in [-0.39, 0.29) is 5.97 Å². The number of ether oxygens (including phenoxy) is 1. The van der Waals surface area contributed by atoms with Crippen LogP contribution in [0.5, 0.6) is 0 Å². The van der Waals surface area contributed by atoms with Crippen LogP contribution in [-0.2, 0) is 16.0 Å². The molecule has 0 spiro atoms. The van der Waals surface area contributed by atoms with Crippen molar-refractivity contribution in [3.05, 3.63) is 47.7 Å². The molecule has 0 aromatic heterocycles. The molecule has 1 aromatic rings. The van der Waals surface area contributed by atoms with Crippen molar-refractivity contribution in [3.63, 3.8) is 0 Å². The van der Waals surface area contributed by atoms with Gasteiger partial charge in [-0.3, -0.25) is 0 Å². The van der Waals surface area contributed by atoms with Gasteiger partial charge in [-0.2, -0.15) is 0 Å². The van der Waals surface area contributed by atoms with Gasteiger partial charge in [0.1, 0.15) is 0 Å². The Morgan fingerprint density at radius 3 is 2.33 bits per heavy atom. The number of hydrogen-bond acceptors (Lipinski definition) is 3. The molecule has 0 amide bonds. The van der Waals surface area contributed by atoms with Crippen molar-refractivity contribution < 1.29 is 9.53 Å². The van der Waals surface area contributed by atoms with Crippen LogP contribution in [0.25, 0.3) is 0 Å². The molecule has 0 unspecified atom stereocenters. The molecule has 1 rings (SSSR count). The third kappa shape index (κ3) is 4.24. The molecule has 1 aromatic carbocycles. The van der Waals surface area contributed by atoms with Crippen LogP contribution in [0.3, 0.4) is 0 Å². The predicted octanol–water partition coefficient (Wildman–Crippen LogP) is 2.63. The molecule has 0 aliphatic carbocycles. The molecule has 3 heteroatoms. The Hall–Kier alpha value is -1.77. The molecule has 0 atom stereocenters. The minimum Gasteiger partial charge on any atom is -0.466 e. The minimum absolute atomic E-state index is 0.259. The van der Waals surface area contributed by atoms with E-state index in [1.54, 1.807) is 0 Å². The van der Waals surface area contributed by atoms with Crippen LogP contribution < -0.4 is 0 Å². The van der Waals surface area contributed by atoms with Crippen molar-refractivity contribution in [3.8, 4) is 0 Å². The zero-order valence-electron chi connectivity index (χ0n) is 11.3. The molecule has 0 heterocycles. The molecular formula is C15H21NO2. The first-order valence-corrected chi connectivity index (χ1v) is 6.28. The largest absolute Gasteiger partial charge is 0.466 e. The van der Waals surface area contributed by atoms with E-state index in [0.717, 1.165) is 18.7 Å². The van der Waals surface area contributed by atoms with Gasteiger partial charge >= 0.3 is 5.97 Å². The van der Waals surface area contributed by atoms with Crippen LogP contribution in [0.1, 0.15) is 19.4 Å². The van der Waals surface area contributed by atoms with E-state index in [1.165, 1.54) is 7.11 Å². The van der Waals surface area contributed by atoms with E-state index in [4.69, 9.17) is 4.74 Å². The Morgan fingerprint density at radius 2 is 1.83 bits per heavy atom. The maximum absolute atomic E-state index is 11.8. The predicted molar refractivity (Wildman–Crippen MR) is 73.2 cm³/mol. The molecule has 3 nitrogen and oxygen atoms in total. The normalized spacial score (nSPS) is 11.2. The summed E-state index contributed by atoms with van der Waals surface area (Å²) in [6.07, 6.45) is 2.50. The molecule has 0 radical (unpaired) electrons. The highest BCUT2D eigenvalue weighted by Crippen LogP contribution is 2.10. The van der Waals surface area contributed by atoms with Crippen LogP contribution in [0.2, 0.25) is 0 Å². The highest BCUT2D eigenvalue weighted by molar-refractivity contribution is 5.88. The third-order valence-corrected chi connectivity index (χ3v) is 2.84. The maximum atomic E-state index is 11.8. The Bertz CT molecular complexity index is 394. The van der Waals surface area contributed by atoms with Gasteiger partial charge < -0.3 is 9.64 Å². The average Bonchev–Trinajstić information content (AvgIpc) is 2.43. The van der Waals surface area contributed by atoms with Crippen LogP contribution in [-0.4, -0.2) is 31.1 Å². The quantitative estimate of drug-likeness (QED) is 0.571. The van der Waals surface area contributed by atoms with Gasteiger partial charge in [0.05, 0.1) is 12.7 Å². The maximum Gasteiger partial charge on any atom is 0.335 e. The van der Waals surface area contributed by atoms with E-state index < -0.39 is 0 Å². The summed E-state index contributed by atoms with van der Waals surface area (Å²) in [6.45, 7) is 5.90. The molecule has 0 aliphatic rings. The third-order valence-electron chi connectivity index (χ3n) is 2.84. The zero-order chi connectivity index (χ0) is 13.4. The Kier molecular flexibility index (Phi) is 5.98. The van der Waals surface area contributed by atoms with Gasteiger partial charge in [-0.15, -0.1) is 0 Å². The number of nitrogens with zero attached hydrogens (tertiary/aromatic N) is 1. The summed E-state index contributed by atoms with van der Waals surface area (Å²) in [5.41, 5.74) is 1.80. The van der Waals surface area contributed by atoms with Crippen LogP contribution in [0, 0.1) is 0 Å². The molecule has 0 saturated heterocycles. The first-order chi connectivity index (χ1) is 8.71. The lowest BCUT2D eigenvalue weighted by Gasteiger charge is -2.17. The fraction of sp³-hybridized carbons (Fsp3) is 0.400. The second-order valence-corrected chi connectivity index (χ2v) is 4.03. The van der Waals surface area contributed by atoms with Gasteiger partial charge in [0.25, 0.3) is 0 Å². The highest BCUT2D eigenvalue weighted by atomic mass is 16.5. The first kappa shape index (κ1) is 14.3. The number of hydrogen-bond donors (Lipinski definition) is 0. The lowest BCUT2D eigenvalue weighted by atomic mass is 10.1. The summed E-state index contributed by atoms with van der Waals surface area (Å²) in [5.74, 6) is -0.259. The van der Waals surface area contributed by atoms with Gasteiger partial charge in [0.2, 0.25) is 0 Å². The Morgan fingerprint density at radius 1 is 1.22 bits per heavy atom. The molecule has 0 fully saturated rings.